The summed E-state index contributed by atoms with van der Waals surface area (Å²) in [4.78, 5) is 10.9. The van der Waals surface area contributed by atoms with Gasteiger partial charge in [-0.15, -0.1) is 0 Å². The third-order valence-corrected chi connectivity index (χ3v) is 3.10. The Hall–Kier alpha value is -2.69. The molecule has 0 spiro atoms. The minimum Gasteiger partial charge on any atom is -0.493 e. The molecule has 0 aromatic heterocycles. The standard InChI is InChI=1S/C17H18O5/c1-20-14-8-13(10-16(18)19)9-15(17(14)21-2)22-11-12-6-4-3-5-7-12/h3-9H,10-11H2,1-2H3,(H,18,19). The molecule has 2 rings (SSSR count). The lowest BCUT2D eigenvalue weighted by Gasteiger charge is -2.15. The summed E-state index contributed by atoms with van der Waals surface area (Å²) in [6.45, 7) is 0.358. The number of carboxylic acids is 1. The summed E-state index contributed by atoms with van der Waals surface area (Å²) in [6, 6.07) is 13.0. The Morgan fingerprint density at radius 1 is 1.00 bits per heavy atom. The van der Waals surface area contributed by atoms with Crippen LogP contribution in [0.4, 0.5) is 0 Å². The van der Waals surface area contributed by atoms with Crippen LogP contribution in [0.5, 0.6) is 17.2 Å². The first kappa shape index (κ1) is 15.7. The van der Waals surface area contributed by atoms with Gasteiger partial charge in [-0.05, 0) is 23.3 Å². The second-order valence-corrected chi connectivity index (χ2v) is 4.67. The summed E-state index contributed by atoms with van der Waals surface area (Å²) in [6.07, 6.45) is -0.109. The van der Waals surface area contributed by atoms with Crippen LogP contribution >= 0.6 is 0 Å². The molecule has 2 aromatic carbocycles. The molecule has 5 heteroatoms. The predicted molar refractivity (Wildman–Crippen MR) is 81.7 cm³/mol. The van der Waals surface area contributed by atoms with Crippen LogP contribution in [0.1, 0.15) is 11.1 Å². The van der Waals surface area contributed by atoms with Gasteiger partial charge in [-0.3, -0.25) is 4.79 Å². The van der Waals surface area contributed by atoms with E-state index >= 15 is 0 Å². The number of aliphatic carboxylic acids is 1. The van der Waals surface area contributed by atoms with Gasteiger partial charge < -0.3 is 19.3 Å². The van der Waals surface area contributed by atoms with Crippen LogP contribution in [-0.2, 0) is 17.8 Å². The smallest absolute Gasteiger partial charge is 0.307 e. The molecule has 0 radical (unpaired) electrons. The lowest BCUT2D eigenvalue weighted by atomic mass is 10.1. The topological polar surface area (TPSA) is 65.0 Å². The molecule has 0 amide bonds. The van der Waals surface area contributed by atoms with Crippen LogP contribution in [0.2, 0.25) is 0 Å². The van der Waals surface area contributed by atoms with E-state index in [0.29, 0.717) is 29.4 Å². The molecule has 0 bridgehead atoms. The van der Waals surface area contributed by atoms with Crippen molar-refractivity contribution < 1.29 is 24.1 Å². The number of ether oxygens (including phenoxy) is 3. The molecule has 2 aromatic rings. The first-order chi connectivity index (χ1) is 10.6. The van der Waals surface area contributed by atoms with Gasteiger partial charge in [-0.1, -0.05) is 30.3 Å². The number of benzene rings is 2. The second kappa shape index (κ2) is 7.36. The fourth-order valence-electron chi connectivity index (χ4n) is 2.10. The van der Waals surface area contributed by atoms with Gasteiger partial charge in [-0.2, -0.15) is 0 Å². The van der Waals surface area contributed by atoms with Crippen molar-refractivity contribution in [3.05, 3.63) is 53.6 Å². The maximum atomic E-state index is 10.9. The number of carbonyl (C=O) groups is 1. The monoisotopic (exact) mass is 302 g/mol. The van der Waals surface area contributed by atoms with Crippen LogP contribution < -0.4 is 14.2 Å². The Balaban J connectivity index is 2.28. The Bertz CT molecular complexity index is 637. The van der Waals surface area contributed by atoms with Crippen molar-refractivity contribution >= 4 is 5.97 Å². The minimum absolute atomic E-state index is 0.109. The molecule has 0 aliphatic rings. The number of hydrogen-bond acceptors (Lipinski definition) is 4. The lowest BCUT2D eigenvalue weighted by molar-refractivity contribution is -0.136. The van der Waals surface area contributed by atoms with Crippen molar-refractivity contribution in [1.29, 1.82) is 0 Å². The third-order valence-electron chi connectivity index (χ3n) is 3.10. The van der Waals surface area contributed by atoms with Crippen molar-refractivity contribution in [1.82, 2.24) is 0 Å². The van der Waals surface area contributed by atoms with E-state index in [-0.39, 0.29) is 6.42 Å². The highest BCUT2D eigenvalue weighted by Crippen LogP contribution is 2.39. The molecular weight excluding hydrogens is 284 g/mol. The summed E-state index contributed by atoms with van der Waals surface area (Å²) in [5.41, 5.74) is 1.60. The fourth-order valence-corrected chi connectivity index (χ4v) is 2.10. The van der Waals surface area contributed by atoms with Crippen LogP contribution in [0.25, 0.3) is 0 Å². The van der Waals surface area contributed by atoms with Gasteiger partial charge in [0.1, 0.15) is 6.61 Å². The van der Waals surface area contributed by atoms with E-state index in [1.54, 1.807) is 12.1 Å². The van der Waals surface area contributed by atoms with E-state index in [2.05, 4.69) is 0 Å². The predicted octanol–water partition coefficient (Wildman–Crippen LogP) is 2.91. The van der Waals surface area contributed by atoms with Crippen LogP contribution in [0.15, 0.2) is 42.5 Å². The summed E-state index contributed by atoms with van der Waals surface area (Å²) >= 11 is 0. The zero-order chi connectivity index (χ0) is 15.9. The molecule has 0 heterocycles. The molecule has 116 valence electrons. The maximum Gasteiger partial charge on any atom is 0.307 e. The van der Waals surface area contributed by atoms with Gasteiger partial charge >= 0.3 is 5.97 Å². The van der Waals surface area contributed by atoms with Crippen LogP contribution in [0.3, 0.4) is 0 Å². The first-order valence-corrected chi connectivity index (χ1v) is 6.77. The summed E-state index contributed by atoms with van der Waals surface area (Å²) in [5, 5.41) is 8.94. The number of rotatable bonds is 7. The average Bonchev–Trinajstić information content (AvgIpc) is 2.52. The molecule has 0 aliphatic carbocycles. The molecule has 0 fully saturated rings. The summed E-state index contributed by atoms with van der Waals surface area (Å²) in [7, 11) is 3.02. The molecule has 0 atom stereocenters. The highest BCUT2D eigenvalue weighted by molar-refractivity contribution is 5.71. The minimum atomic E-state index is -0.916. The van der Waals surface area contributed by atoms with E-state index < -0.39 is 5.97 Å². The normalized spacial score (nSPS) is 10.1. The van der Waals surface area contributed by atoms with Gasteiger partial charge in [0.15, 0.2) is 11.5 Å². The molecule has 0 aliphatic heterocycles. The largest absolute Gasteiger partial charge is 0.493 e. The molecule has 22 heavy (non-hydrogen) atoms. The van der Waals surface area contributed by atoms with Crippen molar-refractivity contribution in [3.63, 3.8) is 0 Å². The van der Waals surface area contributed by atoms with Gasteiger partial charge in [-0.25, -0.2) is 0 Å². The fraction of sp³-hybridized carbons (Fsp3) is 0.235. The zero-order valence-corrected chi connectivity index (χ0v) is 12.5. The molecular formula is C17H18O5. The van der Waals surface area contributed by atoms with Crippen molar-refractivity contribution in [2.45, 2.75) is 13.0 Å². The molecule has 0 saturated heterocycles. The van der Waals surface area contributed by atoms with Crippen molar-refractivity contribution in [3.8, 4) is 17.2 Å². The van der Waals surface area contributed by atoms with Gasteiger partial charge in [0.05, 0.1) is 20.6 Å². The van der Waals surface area contributed by atoms with Crippen molar-refractivity contribution in [2.75, 3.05) is 14.2 Å². The first-order valence-electron chi connectivity index (χ1n) is 6.77. The van der Waals surface area contributed by atoms with E-state index in [1.807, 2.05) is 30.3 Å². The van der Waals surface area contributed by atoms with Crippen LogP contribution in [-0.4, -0.2) is 25.3 Å². The maximum absolute atomic E-state index is 10.9. The van der Waals surface area contributed by atoms with Crippen molar-refractivity contribution in [2.24, 2.45) is 0 Å². The summed E-state index contributed by atoms with van der Waals surface area (Å²) < 4.78 is 16.4. The van der Waals surface area contributed by atoms with Crippen LogP contribution in [0, 0.1) is 0 Å². The lowest BCUT2D eigenvalue weighted by Crippen LogP contribution is -2.04. The molecule has 5 nitrogen and oxygen atoms in total. The quantitative estimate of drug-likeness (QED) is 0.852. The van der Waals surface area contributed by atoms with E-state index in [9.17, 15) is 4.79 Å². The third kappa shape index (κ3) is 3.91. The Kier molecular flexibility index (Phi) is 5.25. The molecule has 0 saturated carbocycles. The summed E-state index contributed by atoms with van der Waals surface area (Å²) in [5.74, 6) is 0.445. The van der Waals surface area contributed by atoms with E-state index in [4.69, 9.17) is 19.3 Å². The number of methoxy groups -OCH3 is 2. The van der Waals surface area contributed by atoms with Gasteiger partial charge in [0.25, 0.3) is 0 Å². The molecule has 0 unspecified atom stereocenters. The zero-order valence-electron chi connectivity index (χ0n) is 12.5. The Labute approximate surface area is 129 Å². The number of hydrogen-bond donors (Lipinski definition) is 1. The van der Waals surface area contributed by atoms with Gasteiger partial charge in [0, 0.05) is 0 Å². The average molecular weight is 302 g/mol. The Morgan fingerprint density at radius 3 is 2.27 bits per heavy atom. The van der Waals surface area contributed by atoms with E-state index in [0.717, 1.165) is 5.56 Å². The molecule has 1 N–H and O–H groups in total. The second-order valence-electron chi connectivity index (χ2n) is 4.67. The number of carboxylic acid groups (broad SMARTS) is 1. The van der Waals surface area contributed by atoms with Gasteiger partial charge in [0.2, 0.25) is 5.75 Å². The highest BCUT2D eigenvalue weighted by Gasteiger charge is 2.15. The highest BCUT2D eigenvalue weighted by atomic mass is 16.5. The Morgan fingerprint density at radius 2 is 1.68 bits per heavy atom. The van der Waals surface area contributed by atoms with E-state index in [1.165, 1.54) is 14.2 Å². The SMILES string of the molecule is COc1cc(CC(=O)O)cc(OCc2ccccc2)c1OC.